The van der Waals surface area contributed by atoms with Gasteiger partial charge in [-0.15, -0.1) is 0 Å². The smallest absolute Gasteiger partial charge is 0.153 e. The first-order chi connectivity index (χ1) is 8.86. The summed E-state index contributed by atoms with van der Waals surface area (Å²) < 4.78 is 0. The van der Waals surface area contributed by atoms with E-state index in [9.17, 15) is 0 Å². The number of amidine groups is 2. The molecule has 6 nitrogen and oxygen atoms in total. The Bertz CT molecular complexity index is 532. The maximum atomic E-state index is 7.93. The SMILES string of the molecule is CNC(C)C(N)=NC(=N)c1ccc(N)c(C(C)=N)c1. The molecule has 0 spiro atoms. The van der Waals surface area contributed by atoms with Crippen molar-refractivity contribution in [3.05, 3.63) is 29.3 Å². The number of hydrogen-bond donors (Lipinski definition) is 5. The van der Waals surface area contributed by atoms with Gasteiger partial charge in [-0.2, -0.15) is 0 Å². The van der Waals surface area contributed by atoms with Crippen molar-refractivity contribution < 1.29 is 0 Å². The minimum atomic E-state index is -0.0990. The Labute approximate surface area is 112 Å². The van der Waals surface area contributed by atoms with Crippen LogP contribution in [0.2, 0.25) is 0 Å². The Hall–Kier alpha value is -2.21. The minimum absolute atomic E-state index is 0.0575. The van der Waals surface area contributed by atoms with Gasteiger partial charge in [0.1, 0.15) is 5.84 Å². The van der Waals surface area contributed by atoms with Gasteiger partial charge < -0.3 is 22.2 Å². The first-order valence-corrected chi connectivity index (χ1v) is 5.92. The summed E-state index contributed by atoms with van der Waals surface area (Å²) in [7, 11) is 1.77. The van der Waals surface area contributed by atoms with Crippen molar-refractivity contribution in [3.8, 4) is 0 Å². The van der Waals surface area contributed by atoms with Crippen LogP contribution in [0.25, 0.3) is 0 Å². The van der Waals surface area contributed by atoms with Crippen molar-refractivity contribution in [2.45, 2.75) is 19.9 Å². The average Bonchev–Trinajstić information content (AvgIpc) is 2.37. The zero-order chi connectivity index (χ0) is 14.6. The molecule has 0 fully saturated rings. The molecule has 1 aromatic carbocycles. The Kier molecular flexibility index (Phi) is 4.77. The Morgan fingerprint density at radius 1 is 1.37 bits per heavy atom. The first kappa shape index (κ1) is 14.8. The van der Waals surface area contributed by atoms with Gasteiger partial charge in [0, 0.05) is 22.5 Å². The molecule has 0 aliphatic heterocycles. The second-order valence-corrected chi connectivity index (χ2v) is 4.32. The van der Waals surface area contributed by atoms with Gasteiger partial charge in [0.25, 0.3) is 0 Å². The molecule has 1 unspecified atom stereocenters. The fourth-order valence-electron chi connectivity index (χ4n) is 1.47. The number of nitrogens with one attached hydrogen (secondary N) is 3. The molecule has 1 atom stereocenters. The van der Waals surface area contributed by atoms with Crippen LogP contribution in [0.15, 0.2) is 23.2 Å². The number of likely N-dealkylation sites (N-methyl/N-ethyl adjacent to an activating group) is 1. The van der Waals surface area contributed by atoms with E-state index in [0.717, 1.165) is 0 Å². The van der Waals surface area contributed by atoms with Gasteiger partial charge in [-0.1, -0.05) is 0 Å². The van der Waals surface area contributed by atoms with E-state index < -0.39 is 0 Å². The van der Waals surface area contributed by atoms with Gasteiger partial charge in [-0.3, -0.25) is 5.41 Å². The predicted octanol–water partition coefficient (Wildman–Crippen LogP) is 0.947. The second-order valence-electron chi connectivity index (χ2n) is 4.32. The monoisotopic (exact) mass is 260 g/mol. The normalized spacial score (nSPS) is 13.1. The molecule has 0 heterocycles. The largest absolute Gasteiger partial charge is 0.398 e. The summed E-state index contributed by atoms with van der Waals surface area (Å²) in [6.07, 6.45) is 0. The lowest BCUT2D eigenvalue weighted by molar-refractivity contribution is 0.757. The highest BCUT2D eigenvalue weighted by atomic mass is 15.0. The Morgan fingerprint density at radius 2 is 2.00 bits per heavy atom. The summed E-state index contributed by atoms with van der Waals surface area (Å²) in [5.41, 5.74) is 13.6. The van der Waals surface area contributed by atoms with E-state index in [1.54, 1.807) is 32.2 Å². The summed E-state index contributed by atoms with van der Waals surface area (Å²) in [5.74, 6) is 0.402. The third kappa shape index (κ3) is 3.62. The van der Waals surface area contributed by atoms with Gasteiger partial charge >= 0.3 is 0 Å². The topological polar surface area (TPSA) is 124 Å². The van der Waals surface area contributed by atoms with Crippen molar-refractivity contribution in [2.24, 2.45) is 10.7 Å². The molecule has 6 heteroatoms. The molecule has 0 radical (unpaired) electrons. The molecule has 1 aromatic rings. The van der Waals surface area contributed by atoms with E-state index in [2.05, 4.69) is 10.3 Å². The van der Waals surface area contributed by atoms with Gasteiger partial charge in [-0.05, 0) is 39.1 Å². The number of aliphatic imine (C=N–C) groups is 1. The summed E-state index contributed by atoms with van der Waals surface area (Å²) >= 11 is 0. The molecular weight excluding hydrogens is 240 g/mol. The van der Waals surface area contributed by atoms with Crippen LogP contribution in [0.4, 0.5) is 5.69 Å². The van der Waals surface area contributed by atoms with E-state index in [0.29, 0.717) is 28.4 Å². The van der Waals surface area contributed by atoms with Crippen LogP contribution in [-0.4, -0.2) is 30.5 Å². The van der Waals surface area contributed by atoms with Crippen molar-refractivity contribution in [2.75, 3.05) is 12.8 Å². The Balaban J connectivity index is 3.08. The summed E-state index contributed by atoms with van der Waals surface area (Å²) in [5, 5.41) is 18.5. The molecule has 19 heavy (non-hydrogen) atoms. The highest BCUT2D eigenvalue weighted by Crippen LogP contribution is 2.15. The molecule has 0 saturated heterocycles. The van der Waals surface area contributed by atoms with Crippen molar-refractivity contribution in [3.63, 3.8) is 0 Å². The molecule has 0 aromatic heterocycles. The number of nitrogen functional groups attached to an aromatic ring is 1. The summed E-state index contributed by atoms with van der Waals surface area (Å²) in [4.78, 5) is 4.05. The maximum absolute atomic E-state index is 7.93. The van der Waals surface area contributed by atoms with Crippen LogP contribution in [0, 0.1) is 10.8 Å². The molecule has 0 bridgehead atoms. The fourth-order valence-corrected chi connectivity index (χ4v) is 1.47. The highest BCUT2D eigenvalue weighted by molar-refractivity contribution is 6.08. The van der Waals surface area contributed by atoms with Crippen LogP contribution in [0.3, 0.4) is 0 Å². The summed E-state index contributed by atoms with van der Waals surface area (Å²) in [6, 6.07) is 4.95. The molecule has 0 saturated carbocycles. The lowest BCUT2D eigenvalue weighted by Gasteiger charge is -2.10. The standard InChI is InChI=1S/C13H20N6/c1-7(14)10-6-9(4-5-11(10)15)13(17)19-12(16)8(2)18-3/h4-6,8,14,18H,15H2,1-3H3,(H3,16,17,19). The van der Waals surface area contributed by atoms with E-state index in [1.165, 1.54) is 0 Å². The van der Waals surface area contributed by atoms with Crippen molar-refractivity contribution in [1.82, 2.24) is 5.32 Å². The number of benzene rings is 1. The predicted molar refractivity (Wildman–Crippen MR) is 80.3 cm³/mol. The van der Waals surface area contributed by atoms with E-state index in [4.69, 9.17) is 22.3 Å². The molecule has 7 N–H and O–H groups in total. The van der Waals surface area contributed by atoms with Gasteiger partial charge in [0.15, 0.2) is 5.84 Å². The third-order valence-electron chi connectivity index (χ3n) is 2.85. The van der Waals surface area contributed by atoms with Crippen LogP contribution < -0.4 is 16.8 Å². The number of hydrogen-bond acceptors (Lipinski definition) is 4. The molecule has 0 aliphatic carbocycles. The van der Waals surface area contributed by atoms with Crippen LogP contribution in [-0.2, 0) is 0 Å². The van der Waals surface area contributed by atoms with E-state index in [1.807, 2.05) is 6.92 Å². The van der Waals surface area contributed by atoms with Crippen molar-refractivity contribution >= 4 is 23.1 Å². The maximum Gasteiger partial charge on any atom is 0.153 e. The van der Waals surface area contributed by atoms with Crippen LogP contribution >= 0.6 is 0 Å². The second kappa shape index (κ2) is 6.10. The van der Waals surface area contributed by atoms with Crippen molar-refractivity contribution in [1.29, 1.82) is 10.8 Å². The lowest BCUT2D eigenvalue weighted by Crippen LogP contribution is -2.37. The summed E-state index contributed by atoms with van der Waals surface area (Å²) in [6.45, 7) is 3.52. The number of nitrogens with two attached hydrogens (primary N) is 2. The van der Waals surface area contributed by atoms with E-state index in [-0.39, 0.29) is 11.9 Å². The molecule has 1 rings (SSSR count). The lowest BCUT2D eigenvalue weighted by atomic mass is 10.0. The van der Waals surface area contributed by atoms with E-state index >= 15 is 0 Å². The molecule has 0 amide bonds. The van der Waals surface area contributed by atoms with Gasteiger partial charge in [0.05, 0.1) is 6.04 Å². The Morgan fingerprint density at radius 3 is 2.53 bits per heavy atom. The first-order valence-electron chi connectivity index (χ1n) is 5.92. The fraction of sp³-hybridized carbons (Fsp3) is 0.308. The molecule has 0 aliphatic rings. The quantitative estimate of drug-likeness (QED) is 0.314. The number of rotatable bonds is 4. The van der Waals surface area contributed by atoms with Gasteiger partial charge in [0.2, 0.25) is 0 Å². The average molecular weight is 260 g/mol. The zero-order valence-corrected chi connectivity index (χ0v) is 11.4. The number of nitrogens with zero attached hydrogens (tertiary/aromatic N) is 1. The third-order valence-corrected chi connectivity index (χ3v) is 2.85. The number of anilines is 1. The van der Waals surface area contributed by atoms with Crippen LogP contribution in [0.1, 0.15) is 25.0 Å². The minimum Gasteiger partial charge on any atom is -0.398 e. The molecule has 102 valence electrons. The highest BCUT2D eigenvalue weighted by Gasteiger charge is 2.09. The van der Waals surface area contributed by atoms with Crippen LogP contribution in [0.5, 0.6) is 0 Å². The molecular formula is C13H20N6. The zero-order valence-electron chi connectivity index (χ0n) is 11.4. The van der Waals surface area contributed by atoms with Gasteiger partial charge in [-0.25, -0.2) is 4.99 Å².